The third kappa shape index (κ3) is 0.127. The van der Waals surface area contributed by atoms with E-state index in [2.05, 4.69) is 4.90 Å². The lowest BCUT2D eigenvalue weighted by Gasteiger charge is -2.08. The van der Waals surface area contributed by atoms with Gasteiger partial charge in [0.05, 0.1) is 0 Å². The molecule has 0 aliphatic carbocycles. The molecule has 1 nitrogen and oxygen atoms in total. The minimum Gasteiger partial charge on any atom is -0.297 e. The molecule has 0 saturated carbocycles. The SMILES string of the molecule is C1CN2CC12. The Kier molecular flexibility index (Phi) is 0.189. The van der Waals surface area contributed by atoms with Crippen LogP contribution in [0.5, 0.6) is 0 Å². The molecule has 2 aliphatic rings. The maximum atomic E-state index is 2.47. The van der Waals surface area contributed by atoms with Gasteiger partial charge in [-0.3, -0.25) is 4.90 Å². The van der Waals surface area contributed by atoms with Gasteiger partial charge >= 0.3 is 0 Å². The summed E-state index contributed by atoms with van der Waals surface area (Å²) in [6, 6.07) is 1.06. The van der Waals surface area contributed by atoms with Crippen LogP contribution < -0.4 is 0 Å². The van der Waals surface area contributed by atoms with Crippen LogP contribution in [0.3, 0.4) is 0 Å². The second-order valence-corrected chi connectivity index (χ2v) is 1.94. The van der Waals surface area contributed by atoms with E-state index in [4.69, 9.17) is 0 Å². The van der Waals surface area contributed by atoms with E-state index in [-0.39, 0.29) is 0 Å². The summed E-state index contributed by atoms with van der Waals surface area (Å²) >= 11 is 0. The van der Waals surface area contributed by atoms with E-state index in [1.54, 1.807) is 0 Å². The summed E-state index contributed by atoms with van der Waals surface area (Å²) in [7, 11) is 0. The molecule has 2 atom stereocenters. The Morgan fingerprint density at radius 1 is 1.60 bits per heavy atom. The fourth-order valence-electron chi connectivity index (χ4n) is 0.900. The van der Waals surface area contributed by atoms with Gasteiger partial charge in [0.1, 0.15) is 0 Å². The van der Waals surface area contributed by atoms with Gasteiger partial charge in [-0.15, -0.1) is 0 Å². The molecule has 0 aromatic heterocycles. The Labute approximate surface area is 31.6 Å². The van der Waals surface area contributed by atoms with E-state index >= 15 is 0 Å². The third-order valence-electron chi connectivity index (χ3n) is 1.58. The molecule has 0 amide bonds. The first-order chi connectivity index (χ1) is 2.47. The first kappa shape index (κ1) is 2.19. The Hall–Kier alpha value is -0.0400. The molecule has 28 valence electrons. The van der Waals surface area contributed by atoms with E-state index in [0.29, 0.717) is 0 Å². The van der Waals surface area contributed by atoms with Crippen molar-refractivity contribution < 1.29 is 0 Å². The average molecular weight is 69.1 g/mol. The molecule has 2 unspecified atom stereocenters. The van der Waals surface area contributed by atoms with Crippen LogP contribution >= 0.6 is 0 Å². The molecule has 0 spiro atoms. The summed E-state index contributed by atoms with van der Waals surface area (Å²) in [6.07, 6.45) is 1.49. The zero-order valence-electron chi connectivity index (χ0n) is 3.15. The van der Waals surface area contributed by atoms with Gasteiger partial charge < -0.3 is 0 Å². The van der Waals surface area contributed by atoms with E-state index in [0.717, 1.165) is 6.04 Å². The predicted octanol–water partition coefficient (Wildman–Crippen LogP) is 0.0743. The molecule has 2 heterocycles. The van der Waals surface area contributed by atoms with E-state index < -0.39 is 0 Å². The Bertz CT molecular complexity index is 48.7. The van der Waals surface area contributed by atoms with Crippen LogP contribution in [-0.2, 0) is 0 Å². The molecule has 0 aromatic rings. The van der Waals surface area contributed by atoms with Crippen molar-refractivity contribution in [1.82, 2.24) is 4.90 Å². The second kappa shape index (κ2) is 0.432. The van der Waals surface area contributed by atoms with Crippen molar-refractivity contribution in [2.45, 2.75) is 12.5 Å². The zero-order valence-corrected chi connectivity index (χ0v) is 3.15. The van der Waals surface area contributed by atoms with Gasteiger partial charge in [-0.25, -0.2) is 0 Å². The van der Waals surface area contributed by atoms with Crippen molar-refractivity contribution in [3.05, 3.63) is 0 Å². The predicted molar refractivity (Wildman–Crippen MR) is 20.0 cm³/mol. The molecule has 0 bridgehead atoms. The lowest BCUT2D eigenvalue weighted by molar-refractivity contribution is 0.382. The molecule has 5 heavy (non-hydrogen) atoms. The number of nitrogens with zero attached hydrogens (tertiary/aromatic N) is 1. The summed E-state index contributed by atoms with van der Waals surface area (Å²) in [5.74, 6) is 0. The van der Waals surface area contributed by atoms with Crippen LogP contribution in [0.25, 0.3) is 0 Å². The van der Waals surface area contributed by atoms with Gasteiger partial charge in [0.25, 0.3) is 0 Å². The molecule has 2 aliphatic heterocycles. The highest BCUT2D eigenvalue weighted by Crippen LogP contribution is 2.30. The Morgan fingerprint density at radius 2 is 2.40 bits per heavy atom. The van der Waals surface area contributed by atoms with Crippen LogP contribution in [-0.4, -0.2) is 24.0 Å². The van der Waals surface area contributed by atoms with Crippen LogP contribution in [0.15, 0.2) is 0 Å². The summed E-state index contributed by atoms with van der Waals surface area (Å²) in [5.41, 5.74) is 0. The van der Waals surface area contributed by atoms with Crippen molar-refractivity contribution in [1.29, 1.82) is 0 Å². The molecular formula is C4H7N. The van der Waals surface area contributed by atoms with Crippen molar-refractivity contribution >= 4 is 0 Å². The Balaban J connectivity index is 2.19. The second-order valence-electron chi connectivity index (χ2n) is 1.94. The highest BCUT2D eigenvalue weighted by Gasteiger charge is 2.41. The molecule has 0 radical (unpaired) electrons. The quantitative estimate of drug-likeness (QED) is 0.364. The van der Waals surface area contributed by atoms with Crippen molar-refractivity contribution in [2.75, 3.05) is 13.1 Å². The van der Waals surface area contributed by atoms with Crippen LogP contribution in [0.4, 0.5) is 0 Å². The van der Waals surface area contributed by atoms with E-state index in [1.807, 2.05) is 0 Å². The number of hydrogen-bond acceptors (Lipinski definition) is 1. The monoisotopic (exact) mass is 69.1 g/mol. The standard InChI is InChI=1S/C4H7N/c1-2-5-3-4(1)5/h4H,1-3H2. The largest absolute Gasteiger partial charge is 0.297 e. The summed E-state index contributed by atoms with van der Waals surface area (Å²) in [6.45, 7) is 2.81. The number of rotatable bonds is 0. The van der Waals surface area contributed by atoms with Crippen LogP contribution in [0.2, 0.25) is 0 Å². The third-order valence-corrected chi connectivity index (χ3v) is 1.58. The zero-order chi connectivity index (χ0) is 3.28. The van der Waals surface area contributed by atoms with E-state index in [1.165, 1.54) is 19.5 Å². The highest BCUT2D eigenvalue weighted by molar-refractivity contribution is 4.98. The normalized spacial score (nSPS) is 57.6. The lowest BCUT2D eigenvalue weighted by Crippen LogP contribution is -2.16. The maximum Gasteiger partial charge on any atom is 0.0236 e. The fourth-order valence-corrected chi connectivity index (χ4v) is 0.900. The summed E-state index contributed by atoms with van der Waals surface area (Å²) in [5, 5.41) is 0. The summed E-state index contributed by atoms with van der Waals surface area (Å²) < 4.78 is 0. The van der Waals surface area contributed by atoms with Crippen LogP contribution in [0.1, 0.15) is 6.42 Å². The lowest BCUT2D eigenvalue weighted by atomic mass is 10.3. The maximum absolute atomic E-state index is 2.47. The summed E-state index contributed by atoms with van der Waals surface area (Å²) in [4.78, 5) is 2.47. The Morgan fingerprint density at radius 3 is 2.40 bits per heavy atom. The van der Waals surface area contributed by atoms with Gasteiger partial charge in [0.15, 0.2) is 0 Å². The fraction of sp³-hybridized carbons (Fsp3) is 1.00. The minimum atomic E-state index is 1.06. The van der Waals surface area contributed by atoms with Crippen molar-refractivity contribution in [3.8, 4) is 0 Å². The van der Waals surface area contributed by atoms with Gasteiger partial charge in [-0.05, 0) is 6.42 Å². The smallest absolute Gasteiger partial charge is 0.0236 e. The minimum absolute atomic E-state index is 1.06. The van der Waals surface area contributed by atoms with Gasteiger partial charge in [-0.1, -0.05) is 0 Å². The van der Waals surface area contributed by atoms with Gasteiger partial charge in [0, 0.05) is 19.1 Å². The molecule has 1 heteroatoms. The number of hydrogen-bond donors (Lipinski definition) is 0. The van der Waals surface area contributed by atoms with Gasteiger partial charge in [-0.2, -0.15) is 0 Å². The molecule has 2 saturated heterocycles. The van der Waals surface area contributed by atoms with Crippen molar-refractivity contribution in [3.63, 3.8) is 0 Å². The molecule has 2 fully saturated rings. The first-order valence-corrected chi connectivity index (χ1v) is 2.21. The van der Waals surface area contributed by atoms with Crippen LogP contribution in [0, 0.1) is 0 Å². The van der Waals surface area contributed by atoms with Crippen molar-refractivity contribution in [2.24, 2.45) is 0 Å². The topological polar surface area (TPSA) is 3.01 Å². The van der Waals surface area contributed by atoms with E-state index in [9.17, 15) is 0 Å². The van der Waals surface area contributed by atoms with Gasteiger partial charge in [0.2, 0.25) is 0 Å². The highest BCUT2D eigenvalue weighted by atomic mass is 15.4. The molecule has 2 rings (SSSR count). The average Bonchev–Trinajstić information content (AvgIpc) is 1.74. The molecular weight excluding hydrogens is 62.1 g/mol. The number of fused-ring (bicyclic) bond motifs is 1. The molecule has 0 aromatic carbocycles. The molecule has 0 N–H and O–H groups in total. The first-order valence-electron chi connectivity index (χ1n) is 2.21.